The zero-order chi connectivity index (χ0) is 10.7. The Balaban J connectivity index is 2.16. The van der Waals surface area contributed by atoms with E-state index in [1.165, 1.54) is 0 Å². The van der Waals surface area contributed by atoms with Crippen LogP contribution in [0.15, 0.2) is 22.6 Å². The maximum Gasteiger partial charge on any atom is 0.221 e. The van der Waals surface area contributed by atoms with Gasteiger partial charge in [0, 0.05) is 12.3 Å². The molecule has 0 bridgehead atoms. The molecule has 0 saturated carbocycles. The van der Waals surface area contributed by atoms with E-state index in [1.807, 2.05) is 6.07 Å². The van der Waals surface area contributed by atoms with Gasteiger partial charge in [-0.2, -0.15) is 0 Å². The van der Waals surface area contributed by atoms with Gasteiger partial charge in [-0.3, -0.25) is 0 Å². The fourth-order valence-electron chi connectivity index (χ4n) is 1.36. The molecule has 4 heteroatoms. The predicted octanol–water partition coefficient (Wildman–Crippen LogP) is 2.34. The van der Waals surface area contributed by atoms with E-state index in [2.05, 4.69) is 11.9 Å². The molecule has 0 aliphatic rings. The van der Waals surface area contributed by atoms with Gasteiger partial charge in [-0.25, -0.2) is 4.98 Å². The third-order valence-corrected chi connectivity index (χ3v) is 2.03. The van der Waals surface area contributed by atoms with Crippen LogP contribution in [0.5, 0.6) is 0 Å². The average Bonchev–Trinajstić information content (AvgIpc) is 2.60. The third-order valence-electron chi connectivity index (χ3n) is 2.03. The van der Waals surface area contributed by atoms with E-state index >= 15 is 0 Å². The van der Waals surface area contributed by atoms with E-state index < -0.39 is 0 Å². The van der Waals surface area contributed by atoms with Crippen molar-refractivity contribution in [2.24, 2.45) is 0 Å². The molecule has 0 fully saturated rings. The minimum atomic E-state index is 0.419. The number of hydrogen-bond donors (Lipinski definition) is 1. The Morgan fingerprint density at radius 2 is 2.33 bits per heavy atom. The van der Waals surface area contributed by atoms with Crippen molar-refractivity contribution in [3.05, 3.63) is 24.1 Å². The van der Waals surface area contributed by atoms with Gasteiger partial charge in [-0.05, 0) is 24.6 Å². The summed E-state index contributed by atoms with van der Waals surface area (Å²) in [6.07, 6.45) is 0.993. The Bertz CT molecular complexity index is 451. The number of rotatable bonds is 4. The highest BCUT2D eigenvalue weighted by molar-refractivity contribution is 5.76. The summed E-state index contributed by atoms with van der Waals surface area (Å²) in [5.74, 6) is 0.601. The largest absolute Gasteiger partial charge is 0.438 e. The van der Waals surface area contributed by atoms with Crippen LogP contribution in [-0.2, 0) is 11.3 Å². The molecule has 0 unspecified atom stereocenters. The van der Waals surface area contributed by atoms with E-state index in [-0.39, 0.29) is 0 Å². The number of ether oxygens (including phenoxy) is 1. The van der Waals surface area contributed by atoms with Crippen LogP contribution in [0.1, 0.15) is 19.2 Å². The van der Waals surface area contributed by atoms with Gasteiger partial charge in [0.2, 0.25) is 5.89 Å². The van der Waals surface area contributed by atoms with Crippen LogP contribution in [0, 0.1) is 0 Å². The number of nitrogens with zero attached hydrogens (tertiary/aromatic N) is 1. The minimum absolute atomic E-state index is 0.419. The van der Waals surface area contributed by atoms with Crippen molar-refractivity contribution in [3.8, 4) is 0 Å². The standard InChI is InChI=1S/C11H14N2O2/c1-2-5-14-7-11-13-9-6-8(12)3-4-10(9)15-11/h3-4,6H,2,5,7,12H2,1H3. The van der Waals surface area contributed by atoms with Crippen molar-refractivity contribution in [1.29, 1.82) is 0 Å². The molecule has 0 spiro atoms. The number of oxazole rings is 1. The van der Waals surface area contributed by atoms with Gasteiger partial charge in [0.25, 0.3) is 0 Å². The number of anilines is 1. The van der Waals surface area contributed by atoms with Crippen LogP contribution in [0.4, 0.5) is 5.69 Å². The fourth-order valence-corrected chi connectivity index (χ4v) is 1.36. The molecule has 15 heavy (non-hydrogen) atoms. The number of benzene rings is 1. The maximum absolute atomic E-state index is 5.64. The molecule has 1 aromatic heterocycles. The first-order chi connectivity index (χ1) is 7.29. The molecule has 1 aromatic carbocycles. The fraction of sp³-hybridized carbons (Fsp3) is 0.364. The minimum Gasteiger partial charge on any atom is -0.438 e. The lowest BCUT2D eigenvalue weighted by Gasteiger charge is -1.96. The molecule has 2 N–H and O–H groups in total. The van der Waals surface area contributed by atoms with Crippen LogP contribution in [0.2, 0.25) is 0 Å². The van der Waals surface area contributed by atoms with E-state index in [4.69, 9.17) is 14.9 Å². The lowest BCUT2D eigenvalue weighted by Crippen LogP contribution is -1.93. The Labute approximate surface area is 88.0 Å². The molecule has 0 atom stereocenters. The zero-order valence-electron chi connectivity index (χ0n) is 8.69. The highest BCUT2D eigenvalue weighted by Crippen LogP contribution is 2.18. The summed E-state index contributed by atoms with van der Waals surface area (Å²) in [5.41, 5.74) is 7.87. The van der Waals surface area contributed by atoms with Crippen LogP contribution < -0.4 is 5.73 Å². The molecule has 80 valence electrons. The molecule has 1 heterocycles. The van der Waals surface area contributed by atoms with Crippen molar-refractivity contribution in [3.63, 3.8) is 0 Å². The number of aromatic nitrogens is 1. The van der Waals surface area contributed by atoms with Crippen molar-refractivity contribution in [1.82, 2.24) is 4.98 Å². The first-order valence-corrected chi connectivity index (χ1v) is 5.02. The maximum atomic E-state index is 5.64. The Kier molecular flexibility index (Phi) is 2.87. The quantitative estimate of drug-likeness (QED) is 0.616. The predicted molar refractivity (Wildman–Crippen MR) is 58.4 cm³/mol. The van der Waals surface area contributed by atoms with Gasteiger partial charge in [-0.15, -0.1) is 0 Å². The molecule has 4 nitrogen and oxygen atoms in total. The van der Waals surface area contributed by atoms with E-state index in [9.17, 15) is 0 Å². The molecule has 0 radical (unpaired) electrons. The smallest absolute Gasteiger partial charge is 0.221 e. The van der Waals surface area contributed by atoms with Crippen LogP contribution in [0.25, 0.3) is 11.1 Å². The van der Waals surface area contributed by atoms with Gasteiger partial charge in [0.05, 0.1) is 0 Å². The van der Waals surface area contributed by atoms with Gasteiger partial charge >= 0.3 is 0 Å². The van der Waals surface area contributed by atoms with Gasteiger partial charge in [0.1, 0.15) is 12.1 Å². The topological polar surface area (TPSA) is 61.3 Å². The van der Waals surface area contributed by atoms with Crippen LogP contribution in [0.3, 0.4) is 0 Å². The summed E-state index contributed by atoms with van der Waals surface area (Å²) in [7, 11) is 0. The van der Waals surface area contributed by atoms with E-state index in [1.54, 1.807) is 12.1 Å². The number of hydrogen-bond acceptors (Lipinski definition) is 4. The van der Waals surface area contributed by atoms with Gasteiger partial charge in [0.15, 0.2) is 5.58 Å². The highest BCUT2D eigenvalue weighted by Gasteiger charge is 2.05. The molecular weight excluding hydrogens is 192 g/mol. The Morgan fingerprint density at radius 1 is 1.47 bits per heavy atom. The molecule has 0 aliphatic heterocycles. The average molecular weight is 206 g/mol. The molecule has 0 saturated heterocycles. The normalized spacial score (nSPS) is 11.0. The summed E-state index contributed by atoms with van der Waals surface area (Å²) in [5, 5.41) is 0. The SMILES string of the molecule is CCCOCc1nc2cc(N)ccc2o1. The Hall–Kier alpha value is -1.55. The summed E-state index contributed by atoms with van der Waals surface area (Å²) in [6.45, 7) is 3.20. The summed E-state index contributed by atoms with van der Waals surface area (Å²) >= 11 is 0. The van der Waals surface area contributed by atoms with E-state index in [0.717, 1.165) is 24.1 Å². The van der Waals surface area contributed by atoms with E-state index in [0.29, 0.717) is 18.2 Å². The second-order valence-corrected chi connectivity index (χ2v) is 3.39. The second kappa shape index (κ2) is 4.31. The number of nitrogens with two attached hydrogens (primary N) is 1. The van der Waals surface area contributed by atoms with Crippen molar-refractivity contribution >= 4 is 16.8 Å². The Morgan fingerprint density at radius 3 is 3.13 bits per heavy atom. The summed E-state index contributed by atoms with van der Waals surface area (Å²) < 4.78 is 10.8. The summed E-state index contributed by atoms with van der Waals surface area (Å²) in [4.78, 5) is 4.27. The number of fused-ring (bicyclic) bond motifs is 1. The molecule has 2 rings (SSSR count). The molecule has 2 aromatic rings. The molecular formula is C11H14N2O2. The molecule has 0 amide bonds. The zero-order valence-corrected chi connectivity index (χ0v) is 8.69. The third kappa shape index (κ3) is 2.27. The summed E-state index contributed by atoms with van der Waals surface area (Å²) in [6, 6.07) is 5.41. The van der Waals surface area contributed by atoms with Gasteiger partial charge < -0.3 is 14.9 Å². The van der Waals surface area contributed by atoms with Crippen LogP contribution >= 0.6 is 0 Å². The van der Waals surface area contributed by atoms with Crippen molar-refractivity contribution in [2.45, 2.75) is 20.0 Å². The monoisotopic (exact) mass is 206 g/mol. The second-order valence-electron chi connectivity index (χ2n) is 3.39. The lowest BCUT2D eigenvalue weighted by molar-refractivity contribution is 0.104. The van der Waals surface area contributed by atoms with Gasteiger partial charge in [-0.1, -0.05) is 6.92 Å². The van der Waals surface area contributed by atoms with Crippen molar-refractivity contribution in [2.75, 3.05) is 12.3 Å². The molecule has 0 aliphatic carbocycles. The first-order valence-electron chi connectivity index (χ1n) is 5.02. The number of nitrogen functional groups attached to an aromatic ring is 1. The first kappa shape index (κ1) is 9.98. The highest BCUT2D eigenvalue weighted by atomic mass is 16.5. The van der Waals surface area contributed by atoms with Crippen LogP contribution in [-0.4, -0.2) is 11.6 Å². The lowest BCUT2D eigenvalue weighted by atomic mass is 10.3. The van der Waals surface area contributed by atoms with Crippen molar-refractivity contribution < 1.29 is 9.15 Å².